The van der Waals surface area contributed by atoms with Gasteiger partial charge in [0.2, 0.25) is 5.95 Å². The highest BCUT2D eigenvalue weighted by Gasteiger charge is 2.11. The number of aliphatic hydroxyl groups excluding tert-OH is 1. The third-order valence-electron chi connectivity index (χ3n) is 2.36. The molecule has 0 aliphatic carbocycles. The van der Waals surface area contributed by atoms with Gasteiger partial charge in [0, 0.05) is 17.6 Å². The van der Waals surface area contributed by atoms with Crippen LogP contribution in [0.2, 0.25) is 0 Å². The summed E-state index contributed by atoms with van der Waals surface area (Å²) in [5.41, 5.74) is 6.01. The van der Waals surface area contributed by atoms with Crippen LogP contribution in [0.4, 0.5) is 16.2 Å². The lowest BCUT2D eigenvalue weighted by atomic mass is 10.2. The van der Waals surface area contributed by atoms with E-state index >= 15 is 0 Å². The molecule has 0 spiro atoms. The Morgan fingerprint density at radius 2 is 2.17 bits per heavy atom. The van der Waals surface area contributed by atoms with E-state index in [1.165, 1.54) is 6.07 Å². The molecule has 0 bridgehead atoms. The molecule has 0 amide bonds. The molecule has 5 nitrogen and oxygen atoms in total. The van der Waals surface area contributed by atoms with Gasteiger partial charge in [0.05, 0.1) is 10.9 Å². The van der Waals surface area contributed by atoms with Crippen LogP contribution in [0.25, 0.3) is 10.9 Å². The van der Waals surface area contributed by atoms with Crippen molar-refractivity contribution in [3.63, 3.8) is 0 Å². The van der Waals surface area contributed by atoms with Crippen LogP contribution in [0.3, 0.4) is 0 Å². The second-order valence-corrected chi connectivity index (χ2v) is 4.63. The topological polar surface area (TPSA) is 84.1 Å². The fraction of sp³-hybridized carbons (Fsp3) is 0.273. The zero-order valence-electron chi connectivity index (χ0n) is 9.45. The first kappa shape index (κ1) is 13.0. The van der Waals surface area contributed by atoms with E-state index < -0.39 is 5.82 Å². The van der Waals surface area contributed by atoms with Crippen molar-refractivity contribution in [1.82, 2.24) is 9.97 Å². The minimum absolute atomic E-state index is 0.0551. The molecule has 18 heavy (non-hydrogen) atoms. The van der Waals surface area contributed by atoms with E-state index in [0.29, 0.717) is 34.2 Å². The summed E-state index contributed by atoms with van der Waals surface area (Å²) in [6.45, 7) is 0.539. The number of anilines is 2. The largest absolute Gasteiger partial charge is 0.396 e. The van der Waals surface area contributed by atoms with Gasteiger partial charge in [-0.25, -0.2) is 9.37 Å². The smallest absolute Gasteiger partial charge is 0.222 e. The first-order chi connectivity index (χ1) is 8.61. The van der Waals surface area contributed by atoms with E-state index in [1.807, 2.05) is 0 Å². The van der Waals surface area contributed by atoms with Crippen LogP contribution in [0.5, 0.6) is 0 Å². The molecule has 0 saturated heterocycles. The number of hydrogen-bond donors (Lipinski definition) is 3. The third-order valence-corrected chi connectivity index (χ3v) is 2.82. The van der Waals surface area contributed by atoms with Crippen molar-refractivity contribution in [3.8, 4) is 0 Å². The summed E-state index contributed by atoms with van der Waals surface area (Å²) in [6.07, 6.45) is 0.545. The van der Waals surface area contributed by atoms with E-state index in [9.17, 15) is 4.39 Å². The van der Waals surface area contributed by atoms with Gasteiger partial charge in [0.15, 0.2) is 0 Å². The van der Waals surface area contributed by atoms with Gasteiger partial charge in [-0.1, -0.05) is 15.9 Å². The number of benzene rings is 1. The van der Waals surface area contributed by atoms with Gasteiger partial charge in [-0.05, 0) is 18.6 Å². The molecule has 0 unspecified atom stereocenters. The average molecular weight is 315 g/mol. The Bertz CT molecular complexity index is 573. The molecule has 1 aromatic heterocycles. The van der Waals surface area contributed by atoms with E-state index in [-0.39, 0.29) is 12.6 Å². The first-order valence-corrected chi connectivity index (χ1v) is 6.18. The Morgan fingerprint density at radius 1 is 1.39 bits per heavy atom. The molecule has 0 atom stereocenters. The van der Waals surface area contributed by atoms with Gasteiger partial charge < -0.3 is 16.2 Å². The second kappa shape index (κ2) is 5.45. The first-order valence-electron chi connectivity index (χ1n) is 5.39. The van der Waals surface area contributed by atoms with Crippen LogP contribution in [0.15, 0.2) is 16.6 Å². The summed E-state index contributed by atoms with van der Waals surface area (Å²) < 4.78 is 14.5. The Morgan fingerprint density at radius 3 is 2.89 bits per heavy atom. The number of nitrogens with one attached hydrogen (secondary N) is 1. The van der Waals surface area contributed by atoms with Gasteiger partial charge in [-0.15, -0.1) is 0 Å². The number of nitrogen functional groups attached to an aromatic ring is 1. The van der Waals surface area contributed by atoms with E-state index in [1.54, 1.807) is 6.07 Å². The molecule has 1 heterocycles. The van der Waals surface area contributed by atoms with E-state index in [2.05, 4.69) is 31.2 Å². The van der Waals surface area contributed by atoms with Crippen LogP contribution >= 0.6 is 15.9 Å². The molecule has 4 N–H and O–H groups in total. The molecule has 0 aliphatic rings. The number of halogens is 2. The number of aliphatic hydroxyl groups is 1. The van der Waals surface area contributed by atoms with Gasteiger partial charge in [0.1, 0.15) is 11.6 Å². The minimum Gasteiger partial charge on any atom is -0.396 e. The maximum atomic E-state index is 13.9. The van der Waals surface area contributed by atoms with Crippen molar-refractivity contribution in [2.45, 2.75) is 6.42 Å². The van der Waals surface area contributed by atoms with Gasteiger partial charge in [-0.3, -0.25) is 0 Å². The second-order valence-electron chi connectivity index (χ2n) is 3.72. The Kier molecular flexibility index (Phi) is 3.93. The summed E-state index contributed by atoms with van der Waals surface area (Å²) in [5.74, 6) is -0.00618. The molecule has 0 fully saturated rings. The number of fused-ring (bicyclic) bond motifs is 1. The predicted molar refractivity (Wildman–Crippen MR) is 71.8 cm³/mol. The van der Waals surface area contributed by atoms with E-state index in [4.69, 9.17) is 10.8 Å². The number of hydrogen-bond acceptors (Lipinski definition) is 5. The number of rotatable bonds is 4. The fourth-order valence-electron chi connectivity index (χ4n) is 1.62. The molecule has 2 aromatic rings. The number of nitrogens with two attached hydrogens (primary N) is 1. The van der Waals surface area contributed by atoms with Crippen LogP contribution in [0, 0.1) is 5.82 Å². The van der Waals surface area contributed by atoms with Crippen LogP contribution < -0.4 is 11.1 Å². The van der Waals surface area contributed by atoms with Crippen LogP contribution in [-0.2, 0) is 0 Å². The molecular weight excluding hydrogens is 303 g/mol. The monoisotopic (exact) mass is 314 g/mol. The molecular formula is C11H12BrFN4O. The van der Waals surface area contributed by atoms with Crippen molar-refractivity contribution >= 4 is 38.6 Å². The Hall–Kier alpha value is -1.47. The quantitative estimate of drug-likeness (QED) is 0.751. The molecule has 1 aromatic carbocycles. The minimum atomic E-state index is -0.425. The van der Waals surface area contributed by atoms with Crippen molar-refractivity contribution in [2.75, 3.05) is 24.2 Å². The lowest BCUT2D eigenvalue weighted by Gasteiger charge is -2.09. The zero-order chi connectivity index (χ0) is 13.1. The molecule has 96 valence electrons. The molecule has 7 heteroatoms. The van der Waals surface area contributed by atoms with Gasteiger partial charge in [-0.2, -0.15) is 4.98 Å². The number of nitrogens with zero attached hydrogens (tertiary/aromatic N) is 2. The molecule has 2 rings (SSSR count). The third kappa shape index (κ3) is 2.68. The molecule has 0 aliphatic heterocycles. The Balaban J connectivity index is 2.50. The highest BCUT2D eigenvalue weighted by Crippen LogP contribution is 2.27. The molecule has 0 saturated carbocycles. The summed E-state index contributed by atoms with van der Waals surface area (Å²) in [5, 5.41) is 12.0. The van der Waals surface area contributed by atoms with Crippen molar-refractivity contribution in [2.24, 2.45) is 0 Å². The van der Waals surface area contributed by atoms with Crippen molar-refractivity contribution < 1.29 is 9.50 Å². The van der Waals surface area contributed by atoms with Crippen LogP contribution in [-0.4, -0.2) is 28.2 Å². The SMILES string of the molecule is Nc1nc(NCCCO)c2c(F)cc(Br)cc2n1. The summed E-state index contributed by atoms with van der Waals surface area (Å²) >= 11 is 3.20. The summed E-state index contributed by atoms with van der Waals surface area (Å²) in [4.78, 5) is 7.98. The average Bonchev–Trinajstić information content (AvgIpc) is 2.27. The highest BCUT2D eigenvalue weighted by atomic mass is 79.9. The molecule has 0 radical (unpaired) electrons. The standard InChI is InChI=1S/C11H12BrFN4O/c12-6-4-7(13)9-8(5-6)16-11(14)17-10(9)15-2-1-3-18/h4-5,18H,1-3H2,(H3,14,15,16,17). The Labute approximate surface area is 111 Å². The van der Waals surface area contributed by atoms with Crippen molar-refractivity contribution in [3.05, 3.63) is 22.4 Å². The van der Waals surface area contributed by atoms with Crippen molar-refractivity contribution in [1.29, 1.82) is 0 Å². The lowest BCUT2D eigenvalue weighted by Crippen LogP contribution is -2.08. The summed E-state index contributed by atoms with van der Waals surface area (Å²) in [6, 6.07) is 3.02. The zero-order valence-corrected chi connectivity index (χ0v) is 11.0. The summed E-state index contributed by atoms with van der Waals surface area (Å²) in [7, 11) is 0. The lowest BCUT2D eigenvalue weighted by molar-refractivity contribution is 0.292. The predicted octanol–water partition coefficient (Wildman–Crippen LogP) is 1.91. The normalized spacial score (nSPS) is 10.8. The van der Waals surface area contributed by atoms with Gasteiger partial charge in [0.25, 0.3) is 0 Å². The maximum Gasteiger partial charge on any atom is 0.222 e. The fourth-order valence-corrected chi connectivity index (χ4v) is 2.03. The van der Waals surface area contributed by atoms with E-state index in [0.717, 1.165) is 0 Å². The number of aromatic nitrogens is 2. The van der Waals surface area contributed by atoms with Crippen LogP contribution in [0.1, 0.15) is 6.42 Å². The highest BCUT2D eigenvalue weighted by molar-refractivity contribution is 9.10. The van der Waals surface area contributed by atoms with Gasteiger partial charge >= 0.3 is 0 Å². The maximum absolute atomic E-state index is 13.9.